The first-order valence-electron chi connectivity index (χ1n) is 9.14. The molecule has 1 aliphatic carbocycles. The highest BCUT2D eigenvalue weighted by atomic mass is 16.4. The van der Waals surface area contributed by atoms with Crippen molar-refractivity contribution in [3.63, 3.8) is 0 Å². The van der Waals surface area contributed by atoms with Crippen LogP contribution in [-0.4, -0.2) is 15.8 Å². The van der Waals surface area contributed by atoms with Crippen LogP contribution in [0.1, 0.15) is 48.8 Å². The molecule has 1 aromatic carbocycles. The molecule has 0 spiro atoms. The standard InChI is InChI=1S/C20H15N3O2.C2H6/c1-12-7-17-15(18(24)8-12)5-6-16(23-17)20-22-11-19(25-20)14-4-2-3-13(9-14)10-21;1-2/h2-6,9,11-12H,7-8H2,1H3;1-2H3. The molecule has 0 amide bonds. The Morgan fingerprint density at radius 3 is 2.78 bits per heavy atom. The molecule has 1 aliphatic rings. The topological polar surface area (TPSA) is 79.8 Å². The van der Waals surface area contributed by atoms with Crippen LogP contribution in [0.2, 0.25) is 0 Å². The monoisotopic (exact) mass is 359 g/mol. The molecule has 2 aromatic heterocycles. The van der Waals surface area contributed by atoms with Gasteiger partial charge in [0.05, 0.1) is 23.5 Å². The molecule has 3 aromatic rings. The van der Waals surface area contributed by atoms with E-state index in [1.54, 1.807) is 30.5 Å². The van der Waals surface area contributed by atoms with E-state index in [0.29, 0.717) is 40.8 Å². The largest absolute Gasteiger partial charge is 0.435 e. The van der Waals surface area contributed by atoms with Crippen molar-refractivity contribution < 1.29 is 9.21 Å². The number of fused-ring (bicyclic) bond motifs is 1. The summed E-state index contributed by atoms with van der Waals surface area (Å²) in [6.07, 6.45) is 2.99. The maximum atomic E-state index is 12.1. The molecule has 5 nitrogen and oxygen atoms in total. The van der Waals surface area contributed by atoms with Gasteiger partial charge in [-0.15, -0.1) is 0 Å². The maximum Gasteiger partial charge on any atom is 0.245 e. The molecule has 1 unspecified atom stereocenters. The van der Waals surface area contributed by atoms with Crippen LogP contribution in [0.25, 0.3) is 22.9 Å². The molecular weight excluding hydrogens is 338 g/mol. The lowest BCUT2D eigenvalue weighted by molar-refractivity contribution is 0.0952. The number of carbonyl (C=O) groups excluding carboxylic acids is 1. The third-order valence-corrected chi connectivity index (χ3v) is 4.35. The van der Waals surface area contributed by atoms with E-state index in [1.165, 1.54) is 0 Å². The zero-order chi connectivity index (χ0) is 19.4. The second-order valence-corrected chi connectivity index (χ2v) is 6.35. The van der Waals surface area contributed by atoms with Gasteiger partial charge in [-0.25, -0.2) is 9.97 Å². The summed E-state index contributed by atoms with van der Waals surface area (Å²) in [5.74, 6) is 1.44. The van der Waals surface area contributed by atoms with Crippen LogP contribution in [0, 0.1) is 17.2 Å². The summed E-state index contributed by atoms with van der Waals surface area (Å²) in [4.78, 5) is 21.0. The van der Waals surface area contributed by atoms with E-state index in [9.17, 15) is 4.79 Å². The predicted octanol–water partition coefficient (Wildman–Crippen LogP) is 5.07. The lowest BCUT2D eigenvalue weighted by Crippen LogP contribution is -2.19. The number of oxazole rings is 1. The molecular formula is C22H21N3O2. The summed E-state index contributed by atoms with van der Waals surface area (Å²) in [5, 5.41) is 9.01. The van der Waals surface area contributed by atoms with Crippen molar-refractivity contribution in [3.8, 4) is 29.0 Å². The maximum absolute atomic E-state index is 12.1. The summed E-state index contributed by atoms with van der Waals surface area (Å²) in [6, 6.07) is 12.9. The molecule has 136 valence electrons. The Bertz CT molecular complexity index is 1010. The van der Waals surface area contributed by atoms with Crippen LogP contribution < -0.4 is 0 Å². The Balaban J connectivity index is 0.00000102. The highest BCUT2D eigenvalue weighted by Crippen LogP contribution is 2.29. The lowest BCUT2D eigenvalue weighted by atomic mass is 9.87. The molecule has 0 radical (unpaired) electrons. The number of benzene rings is 1. The molecule has 0 N–H and O–H groups in total. The Kier molecular flexibility index (Phi) is 5.46. The molecule has 0 aliphatic heterocycles. The van der Waals surface area contributed by atoms with Gasteiger partial charge in [-0.3, -0.25) is 4.79 Å². The van der Waals surface area contributed by atoms with E-state index in [4.69, 9.17) is 9.68 Å². The third kappa shape index (κ3) is 3.80. The van der Waals surface area contributed by atoms with Crippen LogP contribution in [0.15, 0.2) is 47.0 Å². The second-order valence-electron chi connectivity index (χ2n) is 6.35. The van der Waals surface area contributed by atoms with E-state index >= 15 is 0 Å². The van der Waals surface area contributed by atoms with Gasteiger partial charge in [0.1, 0.15) is 5.69 Å². The first-order chi connectivity index (χ1) is 13.1. The van der Waals surface area contributed by atoms with Gasteiger partial charge >= 0.3 is 0 Å². The minimum Gasteiger partial charge on any atom is -0.435 e. The van der Waals surface area contributed by atoms with Crippen molar-refractivity contribution in [3.05, 3.63) is 59.4 Å². The summed E-state index contributed by atoms with van der Waals surface area (Å²) in [7, 11) is 0. The quantitative estimate of drug-likeness (QED) is 0.638. The predicted molar refractivity (Wildman–Crippen MR) is 103 cm³/mol. The number of pyridine rings is 1. The number of hydrogen-bond donors (Lipinski definition) is 0. The Morgan fingerprint density at radius 2 is 2.00 bits per heavy atom. The molecule has 2 heterocycles. The fraction of sp³-hybridized carbons (Fsp3) is 0.273. The van der Waals surface area contributed by atoms with Crippen molar-refractivity contribution in [2.24, 2.45) is 5.92 Å². The normalized spacial score (nSPS) is 15.3. The summed E-state index contributed by atoms with van der Waals surface area (Å²) >= 11 is 0. The zero-order valence-corrected chi connectivity index (χ0v) is 15.7. The Labute approximate surface area is 158 Å². The highest BCUT2D eigenvalue weighted by molar-refractivity contribution is 5.98. The van der Waals surface area contributed by atoms with Gasteiger partial charge in [0.2, 0.25) is 5.89 Å². The van der Waals surface area contributed by atoms with E-state index < -0.39 is 0 Å². The van der Waals surface area contributed by atoms with Crippen molar-refractivity contribution in [1.82, 2.24) is 9.97 Å². The smallest absolute Gasteiger partial charge is 0.245 e. The summed E-state index contributed by atoms with van der Waals surface area (Å²) in [5.41, 5.74) is 3.49. The molecule has 5 heteroatoms. The van der Waals surface area contributed by atoms with E-state index in [0.717, 1.165) is 17.7 Å². The first-order valence-corrected chi connectivity index (χ1v) is 9.14. The number of nitrogens with zero attached hydrogens (tertiary/aromatic N) is 3. The molecule has 0 fully saturated rings. The number of Topliss-reactive ketones (excluding diaryl/α,β-unsaturated/α-hetero) is 1. The van der Waals surface area contributed by atoms with Crippen LogP contribution in [0.3, 0.4) is 0 Å². The van der Waals surface area contributed by atoms with Crippen molar-refractivity contribution in [2.75, 3.05) is 0 Å². The molecule has 4 rings (SSSR count). The van der Waals surface area contributed by atoms with Crippen molar-refractivity contribution in [1.29, 1.82) is 5.26 Å². The Morgan fingerprint density at radius 1 is 1.19 bits per heavy atom. The minimum absolute atomic E-state index is 0.147. The van der Waals surface area contributed by atoms with Crippen molar-refractivity contribution >= 4 is 5.78 Å². The van der Waals surface area contributed by atoms with Crippen LogP contribution in [0.4, 0.5) is 0 Å². The van der Waals surface area contributed by atoms with Gasteiger partial charge in [0, 0.05) is 17.5 Å². The van der Waals surface area contributed by atoms with E-state index in [-0.39, 0.29) is 5.78 Å². The average Bonchev–Trinajstić information content (AvgIpc) is 3.19. The van der Waals surface area contributed by atoms with E-state index in [2.05, 4.69) is 23.0 Å². The highest BCUT2D eigenvalue weighted by Gasteiger charge is 2.24. The van der Waals surface area contributed by atoms with Crippen LogP contribution >= 0.6 is 0 Å². The van der Waals surface area contributed by atoms with Gasteiger partial charge in [0.25, 0.3) is 0 Å². The molecule has 1 atom stereocenters. The number of aromatic nitrogens is 2. The number of hydrogen-bond acceptors (Lipinski definition) is 5. The van der Waals surface area contributed by atoms with Gasteiger partial charge in [-0.2, -0.15) is 5.26 Å². The molecule has 0 bridgehead atoms. The lowest BCUT2D eigenvalue weighted by Gasteiger charge is -2.19. The van der Waals surface area contributed by atoms with Gasteiger partial charge in [-0.05, 0) is 36.6 Å². The minimum atomic E-state index is 0.147. The second kappa shape index (κ2) is 7.96. The fourth-order valence-corrected chi connectivity index (χ4v) is 3.13. The van der Waals surface area contributed by atoms with Gasteiger partial charge in [0.15, 0.2) is 11.5 Å². The summed E-state index contributed by atoms with van der Waals surface area (Å²) in [6.45, 7) is 6.06. The van der Waals surface area contributed by atoms with Gasteiger partial charge in [-0.1, -0.05) is 32.9 Å². The molecule has 0 saturated heterocycles. The third-order valence-electron chi connectivity index (χ3n) is 4.35. The van der Waals surface area contributed by atoms with E-state index in [1.807, 2.05) is 26.0 Å². The SMILES string of the molecule is CC.CC1CC(=O)c2ccc(-c3ncc(-c4cccc(C#N)c4)o3)nc2C1. The fourth-order valence-electron chi connectivity index (χ4n) is 3.13. The molecule has 27 heavy (non-hydrogen) atoms. The summed E-state index contributed by atoms with van der Waals surface area (Å²) < 4.78 is 5.83. The number of nitriles is 1. The van der Waals surface area contributed by atoms with Crippen molar-refractivity contribution in [2.45, 2.75) is 33.6 Å². The first kappa shape index (κ1) is 18.5. The average molecular weight is 359 g/mol. The molecule has 0 saturated carbocycles. The number of carbonyl (C=O) groups is 1. The van der Waals surface area contributed by atoms with Crippen LogP contribution in [0.5, 0.6) is 0 Å². The van der Waals surface area contributed by atoms with Crippen LogP contribution in [-0.2, 0) is 6.42 Å². The zero-order valence-electron chi connectivity index (χ0n) is 15.7. The Hall–Kier alpha value is -3.26. The number of ketones is 1. The number of rotatable bonds is 2. The van der Waals surface area contributed by atoms with Gasteiger partial charge < -0.3 is 4.42 Å².